The largest absolute Gasteiger partial charge is 0.422 e. The van der Waals surface area contributed by atoms with Crippen molar-refractivity contribution in [1.29, 1.82) is 0 Å². The zero-order valence-corrected chi connectivity index (χ0v) is 14.9. The van der Waals surface area contributed by atoms with Crippen molar-refractivity contribution in [3.63, 3.8) is 0 Å². The summed E-state index contributed by atoms with van der Waals surface area (Å²) in [6, 6.07) is 16.8. The van der Waals surface area contributed by atoms with E-state index in [2.05, 4.69) is 25.9 Å². The van der Waals surface area contributed by atoms with Crippen LogP contribution in [0.15, 0.2) is 54.6 Å². The molecule has 0 radical (unpaired) electrons. The minimum absolute atomic E-state index is 0.00661. The average Bonchev–Trinajstić information content (AvgIpc) is 3.34. The Bertz CT molecular complexity index is 944. The quantitative estimate of drug-likeness (QED) is 0.678. The summed E-state index contributed by atoms with van der Waals surface area (Å²) in [6.07, 6.45) is 0.430. The highest BCUT2D eigenvalue weighted by atomic mass is 16.5. The number of hydrogen-bond acceptors (Lipinski definition) is 6. The number of aromatic nitrogens is 4. The molecule has 1 aliphatic rings. The van der Waals surface area contributed by atoms with Gasteiger partial charge in [-0.05, 0) is 35.0 Å². The van der Waals surface area contributed by atoms with Crippen molar-refractivity contribution in [1.82, 2.24) is 25.5 Å². The molecule has 0 saturated carbocycles. The summed E-state index contributed by atoms with van der Waals surface area (Å²) < 4.78 is 5.37. The zero-order chi connectivity index (χ0) is 19.3. The number of nitrogens with zero attached hydrogens (tertiary/aromatic N) is 4. The van der Waals surface area contributed by atoms with Crippen LogP contribution in [-0.2, 0) is 9.59 Å². The maximum atomic E-state index is 12.3. The highest BCUT2D eigenvalue weighted by Gasteiger charge is 2.31. The second-order valence-electron chi connectivity index (χ2n) is 6.45. The van der Waals surface area contributed by atoms with E-state index in [4.69, 9.17) is 4.74 Å². The Morgan fingerprint density at radius 3 is 2.68 bits per heavy atom. The Morgan fingerprint density at radius 2 is 1.96 bits per heavy atom. The van der Waals surface area contributed by atoms with E-state index in [9.17, 15) is 9.59 Å². The lowest BCUT2D eigenvalue weighted by Gasteiger charge is -2.16. The molecular formula is C19H18N6O3. The molecule has 2 heterocycles. The van der Waals surface area contributed by atoms with Crippen molar-refractivity contribution in [2.45, 2.75) is 12.3 Å². The van der Waals surface area contributed by atoms with Crippen molar-refractivity contribution in [3.05, 3.63) is 60.2 Å². The van der Waals surface area contributed by atoms with Crippen LogP contribution >= 0.6 is 0 Å². The summed E-state index contributed by atoms with van der Waals surface area (Å²) in [5, 5.41) is 15.9. The summed E-state index contributed by atoms with van der Waals surface area (Å²) in [5.74, 6) is 0.393. The van der Waals surface area contributed by atoms with E-state index in [0.717, 1.165) is 5.56 Å². The molecule has 2 N–H and O–H groups in total. The SMILES string of the molecule is O=C(CN1CC(c2ccccc2)CC1=O)Nc1ccc(Oc2nn[nH]n2)cc1. The van der Waals surface area contributed by atoms with Gasteiger partial charge in [-0.1, -0.05) is 40.5 Å². The van der Waals surface area contributed by atoms with Crippen LogP contribution in [0.1, 0.15) is 17.9 Å². The van der Waals surface area contributed by atoms with E-state index in [0.29, 0.717) is 24.4 Å². The molecule has 0 bridgehead atoms. The molecule has 9 nitrogen and oxygen atoms in total. The molecule has 2 amide bonds. The maximum Gasteiger partial charge on any atom is 0.361 e. The van der Waals surface area contributed by atoms with Gasteiger partial charge in [0.2, 0.25) is 11.8 Å². The second kappa shape index (κ2) is 7.87. The summed E-state index contributed by atoms with van der Waals surface area (Å²) >= 11 is 0. The number of amides is 2. The van der Waals surface area contributed by atoms with E-state index in [-0.39, 0.29) is 30.3 Å². The fraction of sp³-hybridized carbons (Fsp3) is 0.211. The number of carbonyl (C=O) groups excluding carboxylic acids is 2. The smallest absolute Gasteiger partial charge is 0.361 e. The lowest BCUT2D eigenvalue weighted by atomic mass is 9.99. The van der Waals surface area contributed by atoms with E-state index in [1.165, 1.54) is 0 Å². The number of benzene rings is 2. The molecule has 0 aliphatic carbocycles. The molecule has 142 valence electrons. The van der Waals surface area contributed by atoms with Crippen molar-refractivity contribution in [2.75, 3.05) is 18.4 Å². The molecule has 1 fully saturated rings. The predicted octanol–water partition coefficient (Wildman–Crippen LogP) is 1.95. The van der Waals surface area contributed by atoms with Crippen LogP contribution in [0.4, 0.5) is 5.69 Å². The highest BCUT2D eigenvalue weighted by molar-refractivity contribution is 5.95. The minimum atomic E-state index is -0.242. The Balaban J connectivity index is 1.31. The lowest BCUT2D eigenvalue weighted by molar-refractivity contribution is -0.131. The fourth-order valence-corrected chi connectivity index (χ4v) is 3.15. The minimum Gasteiger partial charge on any atom is -0.422 e. The topological polar surface area (TPSA) is 113 Å². The molecule has 0 spiro atoms. The Hall–Kier alpha value is -3.75. The number of aromatic amines is 1. The number of hydrogen-bond donors (Lipinski definition) is 2. The van der Waals surface area contributed by atoms with Crippen molar-refractivity contribution < 1.29 is 14.3 Å². The zero-order valence-electron chi connectivity index (χ0n) is 14.9. The van der Waals surface area contributed by atoms with Crippen LogP contribution < -0.4 is 10.1 Å². The average molecular weight is 378 g/mol. The predicted molar refractivity (Wildman–Crippen MR) is 99.7 cm³/mol. The molecule has 28 heavy (non-hydrogen) atoms. The third kappa shape index (κ3) is 4.14. The number of H-pyrrole nitrogens is 1. The molecule has 1 unspecified atom stereocenters. The van der Waals surface area contributed by atoms with Gasteiger partial charge in [0.15, 0.2) is 0 Å². The van der Waals surface area contributed by atoms with Gasteiger partial charge in [-0.25, -0.2) is 0 Å². The van der Waals surface area contributed by atoms with Gasteiger partial charge in [0.25, 0.3) is 0 Å². The third-order valence-electron chi connectivity index (χ3n) is 4.49. The lowest BCUT2D eigenvalue weighted by Crippen LogP contribution is -2.34. The van der Waals surface area contributed by atoms with Crippen LogP contribution in [0.5, 0.6) is 11.8 Å². The maximum absolute atomic E-state index is 12.3. The van der Waals surface area contributed by atoms with Gasteiger partial charge in [0.05, 0.1) is 6.54 Å². The first-order chi connectivity index (χ1) is 13.7. The third-order valence-corrected chi connectivity index (χ3v) is 4.49. The van der Waals surface area contributed by atoms with Crippen LogP contribution in [0.25, 0.3) is 0 Å². The van der Waals surface area contributed by atoms with E-state index < -0.39 is 0 Å². The molecule has 1 aromatic heterocycles. The molecule has 4 rings (SSSR count). The number of anilines is 1. The Kier molecular flexibility index (Phi) is 4.96. The van der Waals surface area contributed by atoms with Gasteiger partial charge < -0.3 is 15.0 Å². The number of tetrazole rings is 1. The number of carbonyl (C=O) groups is 2. The van der Waals surface area contributed by atoms with Gasteiger partial charge in [-0.3, -0.25) is 9.59 Å². The summed E-state index contributed by atoms with van der Waals surface area (Å²) in [5.41, 5.74) is 1.73. The first-order valence-corrected chi connectivity index (χ1v) is 8.81. The molecule has 9 heteroatoms. The standard InChI is InChI=1S/C19H18N6O3/c26-17(12-25-11-14(10-18(25)27)13-4-2-1-3-5-13)20-15-6-8-16(9-7-15)28-19-21-23-24-22-19/h1-9,14H,10-12H2,(H,20,26)(H,21,22,23,24). The molecular weight excluding hydrogens is 360 g/mol. The van der Waals surface area contributed by atoms with E-state index in [1.807, 2.05) is 30.3 Å². The number of ether oxygens (including phenoxy) is 1. The molecule has 1 atom stereocenters. The van der Waals surface area contributed by atoms with Crippen molar-refractivity contribution in [2.24, 2.45) is 0 Å². The molecule has 2 aromatic carbocycles. The first kappa shape index (κ1) is 17.7. The van der Waals surface area contributed by atoms with Crippen molar-refractivity contribution in [3.8, 4) is 11.8 Å². The van der Waals surface area contributed by atoms with Gasteiger partial charge >= 0.3 is 6.01 Å². The van der Waals surface area contributed by atoms with Gasteiger partial charge in [-0.2, -0.15) is 5.21 Å². The molecule has 1 saturated heterocycles. The van der Waals surface area contributed by atoms with E-state index in [1.54, 1.807) is 29.2 Å². The number of nitrogens with one attached hydrogen (secondary N) is 2. The Labute approximate surface area is 160 Å². The number of rotatable bonds is 6. The van der Waals surface area contributed by atoms with Crippen LogP contribution in [-0.4, -0.2) is 50.4 Å². The monoisotopic (exact) mass is 378 g/mol. The summed E-state index contributed by atoms with van der Waals surface area (Å²) in [7, 11) is 0. The van der Waals surface area contributed by atoms with E-state index >= 15 is 0 Å². The van der Waals surface area contributed by atoms with Crippen LogP contribution in [0.2, 0.25) is 0 Å². The van der Waals surface area contributed by atoms with Crippen LogP contribution in [0.3, 0.4) is 0 Å². The molecule has 1 aliphatic heterocycles. The summed E-state index contributed by atoms with van der Waals surface area (Å²) in [4.78, 5) is 26.2. The van der Waals surface area contributed by atoms with Crippen molar-refractivity contribution >= 4 is 17.5 Å². The number of likely N-dealkylation sites (tertiary alicyclic amines) is 1. The van der Waals surface area contributed by atoms with Gasteiger partial charge in [0.1, 0.15) is 5.75 Å². The first-order valence-electron chi connectivity index (χ1n) is 8.81. The summed E-state index contributed by atoms with van der Waals surface area (Å²) in [6.45, 7) is 0.580. The normalized spacial score (nSPS) is 16.2. The van der Waals surface area contributed by atoms with Gasteiger partial charge in [-0.15, -0.1) is 0 Å². The second-order valence-corrected chi connectivity index (χ2v) is 6.45. The molecule has 3 aromatic rings. The fourth-order valence-electron chi connectivity index (χ4n) is 3.15. The highest BCUT2D eigenvalue weighted by Crippen LogP contribution is 2.27. The van der Waals surface area contributed by atoms with Crippen LogP contribution in [0, 0.1) is 0 Å². The van der Waals surface area contributed by atoms with Gasteiger partial charge in [0, 0.05) is 24.6 Å². The Morgan fingerprint density at radius 1 is 1.18 bits per heavy atom.